The summed E-state index contributed by atoms with van der Waals surface area (Å²) < 4.78 is 5.43. The predicted octanol–water partition coefficient (Wildman–Crippen LogP) is 1.82. The van der Waals surface area contributed by atoms with E-state index in [0.29, 0.717) is 19.0 Å². The quantitative estimate of drug-likeness (QED) is 0.932. The molecule has 6 nitrogen and oxygen atoms in total. The molecule has 1 atom stereocenters. The van der Waals surface area contributed by atoms with E-state index in [1.54, 1.807) is 19.3 Å². The van der Waals surface area contributed by atoms with Crippen LogP contribution < -0.4 is 4.90 Å². The van der Waals surface area contributed by atoms with Gasteiger partial charge in [0, 0.05) is 24.5 Å². The Balaban J connectivity index is 1.97. The highest BCUT2D eigenvalue weighted by Crippen LogP contribution is 2.29. The smallest absolute Gasteiger partial charge is 0.337 e. The van der Waals surface area contributed by atoms with Crippen LogP contribution >= 0.6 is 0 Å². The average Bonchev–Trinajstić information content (AvgIpc) is 2.56. The van der Waals surface area contributed by atoms with E-state index < -0.39 is 11.6 Å². The van der Waals surface area contributed by atoms with Crippen molar-refractivity contribution in [3.05, 3.63) is 42.7 Å². The summed E-state index contributed by atoms with van der Waals surface area (Å²) in [4.78, 5) is 22.2. The van der Waals surface area contributed by atoms with Crippen LogP contribution in [0.1, 0.15) is 6.92 Å². The molecule has 6 heteroatoms. The lowest BCUT2D eigenvalue weighted by molar-refractivity contribution is -0.164. The third-order valence-corrected chi connectivity index (χ3v) is 3.75. The molecule has 1 fully saturated rings. The van der Waals surface area contributed by atoms with Gasteiger partial charge in [0.1, 0.15) is 5.69 Å². The van der Waals surface area contributed by atoms with Crippen LogP contribution in [0, 0.1) is 0 Å². The van der Waals surface area contributed by atoms with Gasteiger partial charge in [-0.3, -0.25) is 4.98 Å². The average molecular weight is 299 g/mol. The first kappa shape index (κ1) is 14.5. The Labute approximate surface area is 128 Å². The fraction of sp³-hybridized carbons (Fsp3) is 0.312. The summed E-state index contributed by atoms with van der Waals surface area (Å²) >= 11 is 0. The maximum absolute atomic E-state index is 11.4. The molecule has 0 aliphatic carbocycles. The van der Waals surface area contributed by atoms with E-state index in [2.05, 4.69) is 9.97 Å². The van der Waals surface area contributed by atoms with Gasteiger partial charge >= 0.3 is 5.97 Å². The second-order valence-electron chi connectivity index (χ2n) is 5.40. The summed E-state index contributed by atoms with van der Waals surface area (Å²) in [6, 6.07) is 9.74. The van der Waals surface area contributed by atoms with Gasteiger partial charge in [0.15, 0.2) is 11.4 Å². The number of benzene rings is 1. The van der Waals surface area contributed by atoms with Crippen LogP contribution in [0.15, 0.2) is 42.7 Å². The molecule has 0 amide bonds. The lowest BCUT2D eigenvalue weighted by Crippen LogP contribution is -2.55. The molecule has 0 spiro atoms. The molecule has 1 N–H and O–H groups in total. The highest BCUT2D eigenvalue weighted by atomic mass is 16.5. The number of carboxylic acids is 1. The molecule has 2 aromatic rings. The summed E-state index contributed by atoms with van der Waals surface area (Å²) in [7, 11) is 0. The summed E-state index contributed by atoms with van der Waals surface area (Å²) in [5, 5.41) is 9.36. The fourth-order valence-corrected chi connectivity index (χ4v) is 2.54. The van der Waals surface area contributed by atoms with Crippen LogP contribution in [0.4, 0.5) is 5.82 Å². The first-order valence-electron chi connectivity index (χ1n) is 7.09. The van der Waals surface area contributed by atoms with Crippen molar-refractivity contribution >= 4 is 11.8 Å². The van der Waals surface area contributed by atoms with E-state index in [-0.39, 0.29) is 6.54 Å². The van der Waals surface area contributed by atoms with Crippen LogP contribution in [0.2, 0.25) is 0 Å². The van der Waals surface area contributed by atoms with Gasteiger partial charge in [-0.05, 0) is 6.92 Å². The van der Waals surface area contributed by atoms with Gasteiger partial charge in [-0.15, -0.1) is 0 Å². The van der Waals surface area contributed by atoms with Gasteiger partial charge in [-0.25, -0.2) is 9.78 Å². The van der Waals surface area contributed by atoms with Crippen molar-refractivity contribution in [2.24, 2.45) is 0 Å². The number of ether oxygens (including phenoxy) is 1. The number of carboxylic acid groups (broad SMARTS) is 1. The lowest BCUT2D eigenvalue weighted by atomic mass is 10.0. The first-order chi connectivity index (χ1) is 10.6. The molecule has 1 aliphatic heterocycles. The predicted molar refractivity (Wildman–Crippen MR) is 81.7 cm³/mol. The Morgan fingerprint density at radius 3 is 2.73 bits per heavy atom. The first-order valence-corrected chi connectivity index (χ1v) is 7.09. The van der Waals surface area contributed by atoms with E-state index in [9.17, 15) is 9.90 Å². The second kappa shape index (κ2) is 5.73. The monoisotopic (exact) mass is 299 g/mol. The number of carbonyl (C=O) groups is 1. The molecule has 0 radical (unpaired) electrons. The zero-order valence-electron chi connectivity index (χ0n) is 12.3. The number of anilines is 1. The summed E-state index contributed by atoms with van der Waals surface area (Å²) in [5.41, 5.74) is 0.468. The topological polar surface area (TPSA) is 75.5 Å². The summed E-state index contributed by atoms with van der Waals surface area (Å²) in [5.74, 6) is -0.285. The minimum Gasteiger partial charge on any atom is -0.479 e. The van der Waals surface area contributed by atoms with Crippen molar-refractivity contribution in [2.75, 3.05) is 24.6 Å². The summed E-state index contributed by atoms with van der Waals surface area (Å²) in [6.07, 6.45) is 3.26. The molecule has 0 saturated carbocycles. The molecule has 1 aromatic heterocycles. The molecule has 1 saturated heterocycles. The van der Waals surface area contributed by atoms with Gasteiger partial charge in [0.05, 0.1) is 13.2 Å². The van der Waals surface area contributed by atoms with E-state index in [4.69, 9.17) is 4.74 Å². The molecule has 3 rings (SSSR count). The Kier molecular flexibility index (Phi) is 3.77. The van der Waals surface area contributed by atoms with Crippen LogP contribution in [-0.4, -0.2) is 46.3 Å². The number of hydrogen-bond acceptors (Lipinski definition) is 5. The largest absolute Gasteiger partial charge is 0.479 e. The lowest BCUT2D eigenvalue weighted by Gasteiger charge is -2.38. The van der Waals surface area contributed by atoms with Crippen molar-refractivity contribution in [2.45, 2.75) is 12.5 Å². The van der Waals surface area contributed by atoms with Crippen LogP contribution in [0.25, 0.3) is 11.3 Å². The number of rotatable bonds is 3. The van der Waals surface area contributed by atoms with E-state index in [1.165, 1.54) is 0 Å². The zero-order valence-corrected chi connectivity index (χ0v) is 12.3. The SMILES string of the molecule is CC1(C(=O)O)CN(c2nccnc2-c2ccccc2)CCO1. The third-order valence-electron chi connectivity index (χ3n) is 3.75. The van der Waals surface area contributed by atoms with E-state index in [0.717, 1.165) is 11.3 Å². The van der Waals surface area contributed by atoms with Crippen LogP contribution in [0.3, 0.4) is 0 Å². The van der Waals surface area contributed by atoms with Gasteiger partial charge in [-0.2, -0.15) is 0 Å². The Hall–Kier alpha value is -2.47. The highest BCUT2D eigenvalue weighted by molar-refractivity contribution is 5.79. The Bertz CT molecular complexity index is 677. The minimum atomic E-state index is -1.23. The second-order valence-corrected chi connectivity index (χ2v) is 5.40. The van der Waals surface area contributed by atoms with Gasteiger partial charge in [0.25, 0.3) is 0 Å². The number of aliphatic carboxylic acids is 1. The maximum atomic E-state index is 11.4. The van der Waals surface area contributed by atoms with E-state index in [1.807, 2.05) is 35.2 Å². The molecule has 22 heavy (non-hydrogen) atoms. The molecule has 0 bridgehead atoms. The van der Waals surface area contributed by atoms with Gasteiger partial charge in [-0.1, -0.05) is 30.3 Å². The number of aromatic nitrogens is 2. The molecular weight excluding hydrogens is 282 g/mol. The number of morpholine rings is 1. The minimum absolute atomic E-state index is 0.237. The Morgan fingerprint density at radius 1 is 1.27 bits per heavy atom. The molecule has 1 aliphatic rings. The third kappa shape index (κ3) is 2.65. The van der Waals surface area contributed by atoms with Crippen molar-refractivity contribution in [1.82, 2.24) is 9.97 Å². The van der Waals surface area contributed by atoms with Gasteiger partial charge < -0.3 is 14.7 Å². The summed E-state index contributed by atoms with van der Waals surface area (Å²) in [6.45, 7) is 2.75. The maximum Gasteiger partial charge on any atom is 0.337 e. The van der Waals surface area contributed by atoms with Crippen molar-refractivity contribution < 1.29 is 14.6 Å². The van der Waals surface area contributed by atoms with Crippen molar-refractivity contribution in [3.8, 4) is 11.3 Å². The fourth-order valence-electron chi connectivity index (χ4n) is 2.54. The van der Waals surface area contributed by atoms with Crippen LogP contribution in [0.5, 0.6) is 0 Å². The zero-order chi connectivity index (χ0) is 15.6. The van der Waals surface area contributed by atoms with Gasteiger partial charge in [0.2, 0.25) is 0 Å². The van der Waals surface area contributed by atoms with Crippen molar-refractivity contribution in [1.29, 1.82) is 0 Å². The highest BCUT2D eigenvalue weighted by Gasteiger charge is 2.40. The number of nitrogens with zero attached hydrogens (tertiary/aromatic N) is 3. The van der Waals surface area contributed by atoms with E-state index >= 15 is 0 Å². The Morgan fingerprint density at radius 2 is 2.00 bits per heavy atom. The number of hydrogen-bond donors (Lipinski definition) is 1. The molecule has 1 unspecified atom stereocenters. The molecular formula is C16H17N3O3. The molecule has 1 aromatic carbocycles. The van der Waals surface area contributed by atoms with Crippen LogP contribution in [-0.2, 0) is 9.53 Å². The molecule has 2 heterocycles. The molecule has 114 valence electrons. The normalized spacial score (nSPS) is 21.6. The van der Waals surface area contributed by atoms with Crippen molar-refractivity contribution in [3.63, 3.8) is 0 Å². The standard InChI is InChI=1S/C16H17N3O3/c1-16(15(20)21)11-19(9-10-22-16)14-13(17-7-8-18-14)12-5-3-2-4-6-12/h2-8H,9-11H2,1H3,(H,20,21).